The number of aromatic nitrogens is 3. The molecule has 1 fully saturated rings. The van der Waals surface area contributed by atoms with Gasteiger partial charge in [-0.05, 0) is 49.7 Å². The molecule has 12 nitrogen and oxygen atoms in total. The highest BCUT2D eigenvalue weighted by Gasteiger charge is 2.25. The third-order valence-electron chi connectivity index (χ3n) is 7.73. The number of methoxy groups -OCH3 is 4. The van der Waals surface area contributed by atoms with Gasteiger partial charge in [0.15, 0.2) is 28.8 Å². The van der Waals surface area contributed by atoms with Crippen molar-refractivity contribution < 1.29 is 28.5 Å². The highest BCUT2D eigenvalue weighted by Crippen LogP contribution is 2.33. The standard InChI is InChI=1S/C32H38N6O6/c1-20-15-21(2)33-29(16-20)35-31(39)30-34-23-18-27(43-5)28(44-6)19-24(23)38(30)14-11-36-9-12-37(13-10-36)32(40)22-7-8-25(41-3)26(17-22)42-4/h7-8,15-19H,9-14H2,1-6H3,(H,33,35,39). The van der Waals surface area contributed by atoms with Crippen molar-refractivity contribution >= 4 is 28.7 Å². The maximum absolute atomic E-state index is 13.6. The van der Waals surface area contributed by atoms with Crippen molar-refractivity contribution in [2.24, 2.45) is 0 Å². The molecule has 44 heavy (non-hydrogen) atoms. The van der Waals surface area contributed by atoms with Crippen LogP contribution >= 0.6 is 0 Å². The molecule has 1 saturated heterocycles. The van der Waals surface area contributed by atoms with E-state index in [1.54, 1.807) is 52.7 Å². The largest absolute Gasteiger partial charge is 0.493 e. The van der Waals surface area contributed by atoms with E-state index >= 15 is 0 Å². The van der Waals surface area contributed by atoms with Crippen molar-refractivity contribution in [2.75, 3.05) is 66.5 Å². The normalized spacial score (nSPS) is 13.5. The van der Waals surface area contributed by atoms with Crippen LogP contribution in [-0.2, 0) is 6.54 Å². The number of hydrogen-bond acceptors (Lipinski definition) is 9. The lowest BCUT2D eigenvalue weighted by Gasteiger charge is -2.35. The fraction of sp³-hybridized carbons (Fsp3) is 0.375. The molecule has 0 radical (unpaired) electrons. The van der Waals surface area contributed by atoms with Crippen LogP contribution < -0.4 is 24.3 Å². The Morgan fingerprint density at radius 1 is 0.773 bits per heavy atom. The van der Waals surface area contributed by atoms with Crippen molar-refractivity contribution in [2.45, 2.75) is 20.4 Å². The van der Waals surface area contributed by atoms with Crippen molar-refractivity contribution in [3.8, 4) is 23.0 Å². The number of ether oxygens (including phenoxy) is 4. The lowest BCUT2D eigenvalue weighted by atomic mass is 10.1. The average Bonchev–Trinajstić information content (AvgIpc) is 3.39. The number of imidazole rings is 1. The molecule has 0 atom stereocenters. The second-order valence-electron chi connectivity index (χ2n) is 10.6. The lowest BCUT2D eigenvalue weighted by molar-refractivity contribution is 0.0632. The number of carbonyl (C=O) groups is 2. The Hall–Kier alpha value is -4.84. The number of hydrogen-bond donors (Lipinski definition) is 1. The Morgan fingerprint density at radius 3 is 2.09 bits per heavy atom. The van der Waals surface area contributed by atoms with E-state index in [0.29, 0.717) is 79.2 Å². The molecule has 0 saturated carbocycles. The number of fused-ring (bicyclic) bond motifs is 1. The molecular formula is C32H38N6O6. The third kappa shape index (κ3) is 6.40. The highest BCUT2D eigenvalue weighted by molar-refractivity contribution is 6.03. The summed E-state index contributed by atoms with van der Waals surface area (Å²) in [5, 5.41) is 2.92. The minimum absolute atomic E-state index is 0.0498. The Labute approximate surface area is 256 Å². The van der Waals surface area contributed by atoms with Crippen LogP contribution in [0.4, 0.5) is 5.82 Å². The molecule has 2 aromatic heterocycles. The van der Waals surface area contributed by atoms with Gasteiger partial charge in [-0.15, -0.1) is 0 Å². The summed E-state index contributed by atoms with van der Waals surface area (Å²) in [4.78, 5) is 40.0. The first kappa shape index (κ1) is 30.6. The summed E-state index contributed by atoms with van der Waals surface area (Å²) in [6.45, 7) is 7.53. The zero-order valence-corrected chi connectivity index (χ0v) is 26.0. The number of aryl methyl sites for hydroxylation is 2. The summed E-state index contributed by atoms with van der Waals surface area (Å²) in [7, 11) is 6.26. The van der Waals surface area contributed by atoms with Gasteiger partial charge in [0.25, 0.3) is 11.8 Å². The van der Waals surface area contributed by atoms with Crippen molar-refractivity contribution in [1.29, 1.82) is 0 Å². The van der Waals surface area contributed by atoms with E-state index in [0.717, 1.165) is 16.8 Å². The Kier molecular flexibility index (Phi) is 9.19. The topological polar surface area (TPSA) is 120 Å². The van der Waals surface area contributed by atoms with E-state index < -0.39 is 0 Å². The van der Waals surface area contributed by atoms with E-state index in [4.69, 9.17) is 23.9 Å². The summed E-state index contributed by atoms with van der Waals surface area (Å²) >= 11 is 0. The molecule has 5 rings (SSSR count). The Morgan fingerprint density at radius 2 is 1.43 bits per heavy atom. The second kappa shape index (κ2) is 13.2. The van der Waals surface area contributed by atoms with E-state index in [2.05, 4.69) is 15.2 Å². The fourth-order valence-electron chi connectivity index (χ4n) is 5.50. The van der Waals surface area contributed by atoms with E-state index in [9.17, 15) is 9.59 Å². The van der Waals surface area contributed by atoms with Gasteiger partial charge in [-0.2, -0.15) is 0 Å². The van der Waals surface area contributed by atoms with Gasteiger partial charge in [-0.3, -0.25) is 14.5 Å². The molecule has 3 heterocycles. The molecule has 0 aliphatic carbocycles. The molecule has 232 valence electrons. The summed E-state index contributed by atoms with van der Waals surface area (Å²) in [5.41, 5.74) is 3.74. The Balaban J connectivity index is 1.32. The zero-order chi connectivity index (χ0) is 31.4. The molecule has 4 aromatic rings. The number of piperazine rings is 1. The molecule has 1 aliphatic rings. The van der Waals surface area contributed by atoms with Gasteiger partial charge in [-0.1, -0.05) is 0 Å². The summed E-state index contributed by atoms with van der Waals surface area (Å²) in [5.74, 6) is 2.50. The van der Waals surface area contributed by atoms with E-state index in [-0.39, 0.29) is 17.6 Å². The smallest absolute Gasteiger partial charge is 0.292 e. The molecule has 12 heteroatoms. The predicted molar refractivity (Wildman–Crippen MR) is 166 cm³/mol. The third-order valence-corrected chi connectivity index (χ3v) is 7.73. The van der Waals surface area contributed by atoms with Gasteiger partial charge in [0.2, 0.25) is 0 Å². The van der Waals surface area contributed by atoms with Crippen LogP contribution in [0.3, 0.4) is 0 Å². The maximum Gasteiger partial charge on any atom is 0.292 e. The van der Waals surface area contributed by atoms with E-state index in [1.807, 2.05) is 41.5 Å². The number of nitrogens with zero attached hydrogens (tertiary/aromatic N) is 5. The first-order chi connectivity index (χ1) is 21.2. The fourth-order valence-corrected chi connectivity index (χ4v) is 5.50. The molecule has 2 amide bonds. The lowest BCUT2D eigenvalue weighted by Crippen LogP contribution is -2.49. The summed E-state index contributed by atoms with van der Waals surface area (Å²) < 4.78 is 23.6. The van der Waals surface area contributed by atoms with Gasteiger partial charge in [0, 0.05) is 62.7 Å². The molecular weight excluding hydrogens is 564 g/mol. The van der Waals surface area contributed by atoms with Crippen LogP contribution in [0.2, 0.25) is 0 Å². The van der Waals surface area contributed by atoms with Crippen LogP contribution in [-0.4, -0.2) is 97.3 Å². The van der Waals surface area contributed by atoms with Crippen LogP contribution in [0.25, 0.3) is 11.0 Å². The second-order valence-corrected chi connectivity index (χ2v) is 10.6. The van der Waals surface area contributed by atoms with E-state index in [1.165, 1.54) is 0 Å². The molecule has 1 aliphatic heterocycles. The van der Waals surface area contributed by atoms with Crippen LogP contribution in [0.1, 0.15) is 32.2 Å². The minimum atomic E-state index is -0.359. The quantitative estimate of drug-likeness (QED) is 0.289. The number of benzene rings is 2. The monoisotopic (exact) mass is 602 g/mol. The van der Waals surface area contributed by atoms with Crippen molar-refractivity contribution in [3.05, 3.63) is 65.1 Å². The highest BCUT2D eigenvalue weighted by atomic mass is 16.5. The maximum atomic E-state index is 13.6. The number of rotatable bonds is 10. The summed E-state index contributed by atoms with van der Waals surface area (Å²) in [6, 6.07) is 12.6. The number of nitrogens with one attached hydrogen (secondary N) is 1. The van der Waals surface area contributed by atoms with Crippen molar-refractivity contribution in [3.63, 3.8) is 0 Å². The molecule has 2 aromatic carbocycles. The summed E-state index contributed by atoms with van der Waals surface area (Å²) in [6.07, 6.45) is 0. The number of pyridine rings is 1. The Bertz CT molecular complexity index is 1660. The van der Waals surface area contributed by atoms with Gasteiger partial charge < -0.3 is 33.7 Å². The molecule has 0 spiro atoms. The molecule has 1 N–H and O–H groups in total. The van der Waals surface area contributed by atoms with Gasteiger partial charge in [0.05, 0.1) is 39.5 Å². The van der Waals surface area contributed by atoms with Crippen LogP contribution in [0, 0.1) is 13.8 Å². The average molecular weight is 603 g/mol. The molecule has 0 bridgehead atoms. The number of anilines is 1. The first-order valence-corrected chi connectivity index (χ1v) is 14.4. The number of carbonyl (C=O) groups excluding carboxylic acids is 2. The van der Waals surface area contributed by atoms with Gasteiger partial charge in [-0.25, -0.2) is 9.97 Å². The first-order valence-electron chi connectivity index (χ1n) is 14.4. The predicted octanol–water partition coefficient (Wildman–Crippen LogP) is 3.79. The minimum Gasteiger partial charge on any atom is -0.493 e. The molecule has 0 unspecified atom stereocenters. The zero-order valence-electron chi connectivity index (χ0n) is 26.0. The van der Waals surface area contributed by atoms with Crippen molar-refractivity contribution in [1.82, 2.24) is 24.3 Å². The van der Waals surface area contributed by atoms with Gasteiger partial charge >= 0.3 is 0 Å². The van der Waals surface area contributed by atoms with Crippen LogP contribution in [0.15, 0.2) is 42.5 Å². The SMILES string of the molecule is COc1ccc(C(=O)N2CCN(CCn3c(C(=O)Nc4cc(C)cc(C)n4)nc4cc(OC)c(OC)cc43)CC2)cc1OC. The van der Waals surface area contributed by atoms with Crippen LogP contribution in [0.5, 0.6) is 23.0 Å². The van der Waals surface area contributed by atoms with Gasteiger partial charge in [0.1, 0.15) is 5.82 Å². The number of amides is 2.